The molecule has 0 radical (unpaired) electrons. The molecular weight excluding hydrogens is 379 g/mol. The maximum atomic E-state index is 12.1. The molecule has 0 aliphatic heterocycles. The fourth-order valence-electron chi connectivity index (χ4n) is 1.67. The highest BCUT2D eigenvalue weighted by Gasteiger charge is 2.15. The number of amides is 1. The van der Waals surface area contributed by atoms with E-state index in [0.717, 1.165) is 3.57 Å². The predicted molar refractivity (Wildman–Crippen MR) is 81.1 cm³/mol. The zero-order chi connectivity index (χ0) is 14.0. The van der Waals surface area contributed by atoms with Crippen molar-refractivity contribution in [3.63, 3.8) is 0 Å². The molecular formula is C12H12ClIN4O. The van der Waals surface area contributed by atoms with Crippen LogP contribution in [0.4, 0.5) is 0 Å². The van der Waals surface area contributed by atoms with Gasteiger partial charge in [0.15, 0.2) is 5.82 Å². The summed E-state index contributed by atoms with van der Waals surface area (Å²) in [6.07, 6.45) is 1.60. The average Bonchev–Trinajstić information content (AvgIpc) is 2.79. The van der Waals surface area contributed by atoms with Gasteiger partial charge in [-0.2, -0.15) is 0 Å². The molecule has 0 aliphatic carbocycles. The predicted octanol–water partition coefficient (Wildman–Crippen LogP) is 2.56. The largest absolute Gasteiger partial charge is 0.342 e. The lowest BCUT2D eigenvalue weighted by molar-refractivity contribution is 0.0938. The number of halogens is 2. The van der Waals surface area contributed by atoms with Crippen molar-refractivity contribution >= 4 is 40.1 Å². The van der Waals surface area contributed by atoms with Crippen LogP contribution in [0.15, 0.2) is 24.5 Å². The number of nitrogens with zero attached hydrogens (tertiary/aromatic N) is 3. The molecule has 5 nitrogen and oxygen atoms in total. The van der Waals surface area contributed by atoms with E-state index in [2.05, 4.69) is 38.1 Å². The number of aromatic nitrogens is 3. The first-order chi connectivity index (χ1) is 8.99. The normalized spacial score (nSPS) is 12.2. The molecule has 0 fully saturated rings. The van der Waals surface area contributed by atoms with Gasteiger partial charge >= 0.3 is 0 Å². The van der Waals surface area contributed by atoms with E-state index in [1.54, 1.807) is 23.0 Å². The molecule has 1 unspecified atom stereocenters. The van der Waals surface area contributed by atoms with Crippen LogP contribution in [-0.4, -0.2) is 20.7 Å². The molecule has 100 valence electrons. The van der Waals surface area contributed by atoms with Gasteiger partial charge in [-0.15, -0.1) is 10.2 Å². The van der Waals surface area contributed by atoms with Crippen LogP contribution >= 0.6 is 34.2 Å². The van der Waals surface area contributed by atoms with Crippen LogP contribution in [0.25, 0.3) is 0 Å². The summed E-state index contributed by atoms with van der Waals surface area (Å²) in [4.78, 5) is 12.1. The smallest absolute Gasteiger partial charge is 0.251 e. The van der Waals surface area contributed by atoms with Crippen molar-refractivity contribution in [1.82, 2.24) is 20.1 Å². The van der Waals surface area contributed by atoms with Gasteiger partial charge in [-0.3, -0.25) is 4.79 Å². The summed E-state index contributed by atoms with van der Waals surface area (Å²) >= 11 is 8.12. The molecule has 0 aliphatic rings. The Labute approximate surface area is 129 Å². The molecule has 0 spiro atoms. The Morgan fingerprint density at radius 2 is 2.26 bits per heavy atom. The van der Waals surface area contributed by atoms with Gasteiger partial charge in [0.1, 0.15) is 6.33 Å². The lowest BCUT2D eigenvalue weighted by Gasteiger charge is -2.13. The lowest BCUT2D eigenvalue weighted by Crippen LogP contribution is -2.28. The molecule has 0 bridgehead atoms. The molecule has 1 atom stereocenters. The molecule has 2 aromatic rings. The minimum atomic E-state index is -0.224. The molecule has 7 heteroatoms. The second-order valence-corrected chi connectivity index (χ2v) is 5.69. The fraction of sp³-hybridized carbons (Fsp3) is 0.250. The van der Waals surface area contributed by atoms with E-state index in [4.69, 9.17) is 11.6 Å². The highest BCUT2D eigenvalue weighted by molar-refractivity contribution is 14.1. The van der Waals surface area contributed by atoms with Crippen LogP contribution in [0, 0.1) is 3.57 Å². The van der Waals surface area contributed by atoms with Crippen molar-refractivity contribution in [3.05, 3.63) is 44.5 Å². The summed E-state index contributed by atoms with van der Waals surface area (Å²) in [7, 11) is 1.83. The van der Waals surface area contributed by atoms with Crippen LogP contribution < -0.4 is 5.32 Å². The number of aryl methyl sites for hydroxylation is 1. The van der Waals surface area contributed by atoms with Crippen molar-refractivity contribution in [2.24, 2.45) is 7.05 Å². The number of carbonyl (C=O) groups excluding carboxylic acids is 1. The SMILES string of the molecule is CC(NC(=O)c1ccc(I)c(Cl)c1)c1nncn1C. The van der Waals surface area contributed by atoms with E-state index < -0.39 is 0 Å². The quantitative estimate of drug-likeness (QED) is 0.820. The summed E-state index contributed by atoms with van der Waals surface area (Å²) < 4.78 is 2.68. The summed E-state index contributed by atoms with van der Waals surface area (Å²) in [5, 5.41) is 11.2. The summed E-state index contributed by atoms with van der Waals surface area (Å²) in [6.45, 7) is 1.86. The van der Waals surface area contributed by atoms with Gasteiger partial charge in [0, 0.05) is 16.2 Å². The Morgan fingerprint density at radius 3 is 2.84 bits per heavy atom. The third kappa shape index (κ3) is 3.24. The van der Waals surface area contributed by atoms with E-state index in [-0.39, 0.29) is 11.9 Å². The highest BCUT2D eigenvalue weighted by Crippen LogP contribution is 2.20. The second-order valence-electron chi connectivity index (χ2n) is 4.12. The average molecular weight is 391 g/mol. The van der Waals surface area contributed by atoms with E-state index in [9.17, 15) is 4.79 Å². The Morgan fingerprint density at radius 1 is 1.53 bits per heavy atom. The molecule has 0 saturated carbocycles. The van der Waals surface area contributed by atoms with Crippen molar-refractivity contribution in [2.75, 3.05) is 0 Å². The van der Waals surface area contributed by atoms with Crippen molar-refractivity contribution in [3.8, 4) is 0 Å². The number of hydrogen-bond donors (Lipinski definition) is 1. The number of benzene rings is 1. The molecule has 1 heterocycles. The molecule has 1 aromatic carbocycles. The van der Waals surface area contributed by atoms with Crippen LogP contribution in [-0.2, 0) is 7.05 Å². The zero-order valence-electron chi connectivity index (χ0n) is 10.4. The van der Waals surface area contributed by atoms with Gasteiger partial charge in [0.2, 0.25) is 0 Å². The maximum Gasteiger partial charge on any atom is 0.251 e. The Hall–Kier alpha value is -1.15. The van der Waals surface area contributed by atoms with Crippen LogP contribution in [0.3, 0.4) is 0 Å². The summed E-state index contributed by atoms with van der Waals surface area (Å²) in [5.41, 5.74) is 0.527. The lowest BCUT2D eigenvalue weighted by atomic mass is 10.2. The van der Waals surface area contributed by atoms with E-state index in [1.807, 2.05) is 20.0 Å². The van der Waals surface area contributed by atoms with Gasteiger partial charge in [0.05, 0.1) is 11.1 Å². The Kier molecular flexibility index (Phi) is 4.41. The van der Waals surface area contributed by atoms with Crippen LogP contribution in [0.5, 0.6) is 0 Å². The number of rotatable bonds is 3. The molecule has 0 saturated heterocycles. The molecule has 2 rings (SSSR count). The topological polar surface area (TPSA) is 59.8 Å². The van der Waals surface area contributed by atoms with Crippen molar-refractivity contribution in [2.45, 2.75) is 13.0 Å². The highest BCUT2D eigenvalue weighted by atomic mass is 127. The maximum absolute atomic E-state index is 12.1. The first-order valence-electron chi connectivity index (χ1n) is 5.59. The number of nitrogens with one attached hydrogen (secondary N) is 1. The minimum Gasteiger partial charge on any atom is -0.342 e. The zero-order valence-corrected chi connectivity index (χ0v) is 13.3. The van der Waals surface area contributed by atoms with Gasteiger partial charge < -0.3 is 9.88 Å². The molecule has 19 heavy (non-hydrogen) atoms. The van der Waals surface area contributed by atoms with Gasteiger partial charge in [-0.1, -0.05) is 11.6 Å². The summed E-state index contributed by atoms with van der Waals surface area (Å²) in [5.74, 6) is 0.513. The number of hydrogen-bond acceptors (Lipinski definition) is 3. The van der Waals surface area contributed by atoms with Gasteiger partial charge in [-0.05, 0) is 47.7 Å². The Balaban J connectivity index is 2.13. The fourth-order valence-corrected chi connectivity index (χ4v) is 2.18. The monoisotopic (exact) mass is 390 g/mol. The summed E-state index contributed by atoms with van der Waals surface area (Å²) in [6, 6.07) is 4.98. The van der Waals surface area contributed by atoms with Gasteiger partial charge in [-0.25, -0.2) is 0 Å². The second kappa shape index (κ2) is 5.87. The first kappa shape index (κ1) is 14.3. The van der Waals surface area contributed by atoms with E-state index in [1.165, 1.54) is 0 Å². The van der Waals surface area contributed by atoms with Crippen LogP contribution in [0.1, 0.15) is 29.1 Å². The first-order valence-corrected chi connectivity index (χ1v) is 7.04. The standard InChI is InChI=1S/C12H12ClIN4O/c1-7(11-17-15-6-18(11)2)16-12(19)8-3-4-10(14)9(13)5-8/h3-7H,1-2H3,(H,16,19). The van der Waals surface area contributed by atoms with Gasteiger partial charge in [0.25, 0.3) is 5.91 Å². The molecule has 1 N–H and O–H groups in total. The number of carbonyl (C=O) groups is 1. The minimum absolute atomic E-state index is 0.186. The van der Waals surface area contributed by atoms with E-state index >= 15 is 0 Å². The Bertz CT molecular complexity index is 614. The molecule has 1 aromatic heterocycles. The van der Waals surface area contributed by atoms with Crippen LogP contribution in [0.2, 0.25) is 5.02 Å². The van der Waals surface area contributed by atoms with E-state index in [0.29, 0.717) is 16.4 Å². The third-order valence-electron chi connectivity index (χ3n) is 2.66. The van der Waals surface area contributed by atoms with Crippen molar-refractivity contribution in [1.29, 1.82) is 0 Å². The molecule has 1 amide bonds. The third-order valence-corrected chi connectivity index (χ3v) is 4.24. The van der Waals surface area contributed by atoms with Crippen molar-refractivity contribution < 1.29 is 4.79 Å².